The third kappa shape index (κ3) is 4.56. The summed E-state index contributed by atoms with van der Waals surface area (Å²) in [5.41, 5.74) is 2.09. The summed E-state index contributed by atoms with van der Waals surface area (Å²) in [6.07, 6.45) is 7.08. The van der Waals surface area contributed by atoms with Gasteiger partial charge in [0.1, 0.15) is 11.1 Å². The molecule has 1 aliphatic rings. The number of imidazole rings is 1. The molecule has 0 bridgehead atoms. The number of fused-ring (bicyclic) bond motifs is 1. The smallest absolute Gasteiger partial charge is 0.225 e. The number of anilines is 1. The Labute approximate surface area is 169 Å². The zero-order chi connectivity index (χ0) is 19.6. The molecule has 2 aromatic heterocycles. The first-order chi connectivity index (χ1) is 12.8. The van der Waals surface area contributed by atoms with Gasteiger partial charge in [0.15, 0.2) is 5.16 Å². The van der Waals surface area contributed by atoms with E-state index in [-0.39, 0.29) is 11.3 Å². The van der Waals surface area contributed by atoms with Gasteiger partial charge in [0.2, 0.25) is 5.91 Å². The molecule has 1 unspecified atom stereocenters. The topological polar surface area (TPSA) is 70.7 Å². The van der Waals surface area contributed by atoms with Crippen molar-refractivity contribution in [1.82, 2.24) is 9.55 Å². The first kappa shape index (κ1) is 20.0. The zero-order valence-corrected chi connectivity index (χ0v) is 18.0. The minimum atomic E-state index is -0.0424. The highest BCUT2D eigenvalue weighted by Crippen LogP contribution is 2.44. The maximum absolute atomic E-state index is 12.4. The van der Waals surface area contributed by atoms with Gasteiger partial charge < -0.3 is 9.88 Å². The van der Waals surface area contributed by atoms with Crippen molar-refractivity contribution < 1.29 is 4.79 Å². The number of thioether (sulfide) groups is 1. The van der Waals surface area contributed by atoms with Crippen molar-refractivity contribution in [3.05, 3.63) is 28.4 Å². The molecule has 0 radical (unpaired) electrons. The zero-order valence-electron chi connectivity index (χ0n) is 16.3. The van der Waals surface area contributed by atoms with E-state index in [2.05, 4.69) is 37.1 Å². The number of nitrogens with zero attached hydrogens (tertiary/aromatic N) is 3. The van der Waals surface area contributed by atoms with E-state index in [0.717, 1.165) is 35.0 Å². The van der Waals surface area contributed by atoms with Crippen LogP contribution in [0, 0.1) is 22.7 Å². The largest absolute Gasteiger partial charge is 0.329 e. The molecule has 3 rings (SSSR count). The normalized spacial score (nSPS) is 16.6. The summed E-state index contributed by atoms with van der Waals surface area (Å²) in [6.45, 7) is 6.84. The number of nitriles is 1. The average molecular weight is 403 g/mol. The van der Waals surface area contributed by atoms with Crippen molar-refractivity contribution in [1.29, 1.82) is 5.26 Å². The van der Waals surface area contributed by atoms with Crippen LogP contribution in [-0.4, -0.2) is 21.2 Å². The fourth-order valence-electron chi connectivity index (χ4n) is 3.45. The Balaban J connectivity index is 1.63. The third-order valence-electron chi connectivity index (χ3n) is 5.19. The van der Waals surface area contributed by atoms with Crippen LogP contribution in [0.2, 0.25) is 0 Å². The maximum atomic E-state index is 12.4. The van der Waals surface area contributed by atoms with Crippen LogP contribution in [0.25, 0.3) is 0 Å². The van der Waals surface area contributed by atoms with Crippen LogP contribution < -0.4 is 5.32 Å². The number of carbonyl (C=O) groups is 1. The Bertz CT molecular complexity index is 870. The second kappa shape index (κ2) is 8.07. The van der Waals surface area contributed by atoms with Crippen molar-refractivity contribution in [3.63, 3.8) is 0 Å². The van der Waals surface area contributed by atoms with Crippen molar-refractivity contribution >= 4 is 34.0 Å². The van der Waals surface area contributed by atoms with Crippen molar-refractivity contribution in [2.45, 2.75) is 51.6 Å². The molecule has 1 atom stereocenters. The quantitative estimate of drug-likeness (QED) is 0.741. The van der Waals surface area contributed by atoms with E-state index in [0.29, 0.717) is 23.7 Å². The minimum absolute atomic E-state index is 0.0424. The monoisotopic (exact) mass is 402 g/mol. The number of aromatic nitrogens is 2. The van der Waals surface area contributed by atoms with Gasteiger partial charge in [-0.1, -0.05) is 32.5 Å². The number of hydrogen-bond acceptors (Lipinski definition) is 5. The summed E-state index contributed by atoms with van der Waals surface area (Å²) in [6, 6.07) is 2.33. The van der Waals surface area contributed by atoms with Crippen LogP contribution in [-0.2, 0) is 24.7 Å². The molecule has 0 aliphatic heterocycles. The van der Waals surface area contributed by atoms with Crippen LogP contribution in [0.4, 0.5) is 5.00 Å². The van der Waals surface area contributed by atoms with Gasteiger partial charge in [-0.2, -0.15) is 5.26 Å². The van der Waals surface area contributed by atoms with Crippen LogP contribution in [0.5, 0.6) is 0 Å². The number of thiophene rings is 1. The molecule has 27 heavy (non-hydrogen) atoms. The van der Waals surface area contributed by atoms with Gasteiger partial charge in [-0.15, -0.1) is 11.3 Å². The molecular weight excluding hydrogens is 376 g/mol. The minimum Gasteiger partial charge on any atom is -0.329 e. The lowest BCUT2D eigenvalue weighted by molar-refractivity contribution is -0.115. The van der Waals surface area contributed by atoms with Crippen molar-refractivity contribution in [2.75, 3.05) is 11.1 Å². The fraction of sp³-hybridized carbons (Fsp3) is 0.550. The summed E-state index contributed by atoms with van der Waals surface area (Å²) in [5, 5.41) is 14.2. The van der Waals surface area contributed by atoms with Crippen LogP contribution in [0.3, 0.4) is 0 Å². The molecule has 5 nitrogen and oxygen atoms in total. The van der Waals surface area contributed by atoms with Gasteiger partial charge in [-0.05, 0) is 36.2 Å². The van der Waals surface area contributed by atoms with E-state index in [1.54, 1.807) is 29.3 Å². The molecule has 0 saturated heterocycles. The number of aryl methyl sites for hydroxylation is 1. The fourth-order valence-corrected chi connectivity index (χ4v) is 5.61. The summed E-state index contributed by atoms with van der Waals surface area (Å²) in [5.74, 6) is 1.24. The molecule has 0 fully saturated rings. The molecular formula is C20H26N4OS2. The molecule has 1 aliphatic carbocycles. The summed E-state index contributed by atoms with van der Waals surface area (Å²) >= 11 is 3.15. The Hall–Kier alpha value is -1.78. The predicted molar refractivity (Wildman–Crippen MR) is 111 cm³/mol. The van der Waals surface area contributed by atoms with E-state index in [4.69, 9.17) is 0 Å². The first-order valence-corrected chi connectivity index (χ1v) is 11.0. The third-order valence-corrected chi connectivity index (χ3v) is 7.42. The Kier molecular flexibility index (Phi) is 5.97. The van der Waals surface area contributed by atoms with E-state index in [9.17, 15) is 10.1 Å². The lowest BCUT2D eigenvalue weighted by Crippen LogP contribution is -2.26. The molecule has 0 spiro atoms. The van der Waals surface area contributed by atoms with Crippen molar-refractivity contribution in [3.8, 4) is 6.07 Å². The highest BCUT2D eigenvalue weighted by molar-refractivity contribution is 7.99. The van der Waals surface area contributed by atoms with E-state index < -0.39 is 0 Å². The van der Waals surface area contributed by atoms with Crippen LogP contribution in [0.1, 0.15) is 49.6 Å². The second-order valence-electron chi connectivity index (χ2n) is 8.09. The SMILES string of the molecule is Cn1ccnc1SCCC(=O)Nc1sc2c(c1C#N)CCC(C(C)(C)C)C2. The number of carbonyl (C=O) groups excluding carboxylic acids is 1. The van der Waals surface area contributed by atoms with Gasteiger partial charge in [0, 0.05) is 36.5 Å². The van der Waals surface area contributed by atoms with E-state index in [1.165, 1.54) is 4.88 Å². The standard InChI is InChI=1S/C20H26N4OS2/c1-20(2,3)13-5-6-14-15(12-21)18(27-16(14)11-13)23-17(25)7-10-26-19-22-8-9-24(19)4/h8-9,13H,5-7,10-11H2,1-4H3,(H,23,25). The second-order valence-corrected chi connectivity index (χ2v) is 10.3. The number of hydrogen-bond donors (Lipinski definition) is 1. The van der Waals surface area contributed by atoms with Gasteiger partial charge in [-0.25, -0.2) is 4.98 Å². The molecule has 1 N–H and O–H groups in total. The first-order valence-electron chi connectivity index (χ1n) is 9.24. The molecule has 0 saturated carbocycles. The maximum Gasteiger partial charge on any atom is 0.225 e. The molecule has 2 aromatic rings. The van der Waals surface area contributed by atoms with E-state index >= 15 is 0 Å². The molecule has 7 heteroatoms. The highest BCUT2D eigenvalue weighted by atomic mass is 32.2. The lowest BCUT2D eigenvalue weighted by atomic mass is 9.72. The molecule has 2 heterocycles. The Morgan fingerprint density at radius 1 is 1.52 bits per heavy atom. The Morgan fingerprint density at radius 2 is 2.30 bits per heavy atom. The summed E-state index contributed by atoms with van der Waals surface area (Å²) in [7, 11) is 1.94. The highest BCUT2D eigenvalue weighted by Gasteiger charge is 2.32. The number of rotatable bonds is 5. The predicted octanol–water partition coefficient (Wildman–Crippen LogP) is 4.63. The average Bonchev–Trinajstić information content (AvgIpc) is 3.16. The lowest BCUT2D eigenvalue weighted by Gasteiger charge is -2.33. The molecule has 1 amide bonds. The number of nitrogens with one attached hydrogen (secondary N) is 1. The summed E-state index contributed by atoms with van der Waals surface area (Å²) in [4.78, 5) is 17.9. The van der Waals surface area contributed by atoms with Gasteiger partial charge >= 0.3 is 0 Å². The van der Waals surface area contributed by atoms with Gasteiger partial charge in [-0.3, -0.25) is 4.79 Å². The van der Waals surface area contributed by atoms with Gasteiger partial charge in [0.05, 0.1) is 5.56 Å². The van der Waals surface area contributed by atoms with E-state index in [1.807, 2.05) is 17.8 Å². The van der Waals surface area contributed by atoms with Crippen LogP contribution in [0.15, 0.2) is 17.6 Å². The van der Waals surface area contributed by atoms with Crippen molar-refractivity contribution in [2.24, 2.45) is 18.4 Å². The molecule has 144 valence electrons. The Morgan fingerprint density at radius 3 is 2.93 bits per heavy atom. The molecule has 0 aromatic carbocycles. The van der Waals surface area contributed by atoms with Gasteiger partial charge in [0.25, 0.3) is 0 Å². The van der Waals surface area contributed by atoms with Crippen LogP contribution >= 0.6 is 23.1 Å². The number of amides is 1. The summed E-state index contributed by atoms with van der Waals surface area (Å²) < 4.78 is 1.94.